The molecule has 1 fully saturated rings. The monoisotopic (exact) mass is 538 g/mol. The number of aryl methyl sites for hydroxylation is 2. The maximum absolute atomic E-state index is 13.0. The number of pyridine rings is 1. The van der Waals surface area contributed by atoms with Gasteiger partial charge in [-0.2, -0.15) is 0 Å². The first kappa shape index (κ1) is 27.9. The van der Waals surface area contributed by atoms with E-state index in [0.717, 1.165) is 66.9 Å². The van der Waals surface area contributed by atoms with Crippen molar-refractivity contribution >= 4 is 28.2 Å². The zero-order chi connectivity index (χ0) is 27.1. The largest absolute Gasteiger partial charge is 0.493 e. The molecule has 1 aromatic heterocycles. The normalized spacial score (nSPS) is 13.9. The lowest BCUT2D eigenvalue weighted by atomic mass is 10.0. The van der Waals surface area contributed by atoms with Gasteiger partial charge in [0.25, 0.3) is 5.56 Å². The van der Waals surface area contributed by atoms with Crippen molar-refractivity contribution in [1.82, 2.24) is 20.1 Å². The van der Waals surface area contributed by atoms with Crippen LogP contribution in [0.3, 0.4) is 0 Å². The number of hydrogen-bond donors (Lipinski definition) is 2. The summed E-state index contributed by atoms with van der Waals surface area (Å²) in [5, 5.41) is 5.11. The topological polar surface area (TPSA) is 79.1 Å². The van der Waals surface area contributed by atoms with Crippen LogP contribution in [0.1, 0.15) is 22.3 Å². The summed E-state index contributed by atoms with van der Waals surface area (Å²) in [5.74, 6) is 1.42. The maximum atomic E-state index is 13.0. The Morgan fingerprint density at radius 1 is 1.11 bits per heavy atom. The molecule has 2 heterocycles. The van der Waals surface area contributed by atoms with E-state index < -0.39 is 0 Å². The third-order valence-electron chi connectivity index (χ3n) is 6.97. The molecule has 4 rings (SSSR count). The van der Waals surface area contributed by atoms with Crippen molar-refractivity contribution in [3.05, 3.63) is 69.0 Å². The molecule has 9 heteroatoms. The van der Waals surface area contributed by atoms with Crippen LogP contribution in [-0.2, 0) is 17.7 Å². The molecule has 0 amide bonds. The van der Waals surface area contributed by atoms with Crippen LogP contribution in [0.15, 0.2) is 41.2 Å². The van der Waals surface area contributed by atoms with Crippen LogP contribution in [0.2, 0.25) is 0 Å². The first-order valence-corrected chi connectivity index (χ1v) is 13.5. The molecule has 8 nitrogen and oxygen atoms in total. The van der Waals surface area contributed by atoms with Gasteiger partial charge in [-0.3, -0.25) is 9.69 Å². The molecular weight excluding hydrogens is 500 g/mol. The summed E-state index contributed by atoms with van der Waals surface area (Å²) in [7, 11) is 3.27. The summed E-state index contributed by atoms with van der Waals surface area (Å²) < 4.78 is 16.3. The second-order valence-electron chi connectivity index (χ2n) is 9.71. The lowest BCUT2D eigenvalue weighted by Crippen LogP contribution is -2.46. The standard InChI is InChI=1S/C29H38N4O4S/c1-20-15-21(2)24-18-23(28(34)31-25(24)16-20)19-33(10-9-32-11-13-37-14-12-32)29(38)30-8-7-22-5-6-26(35-3)27(17-22)36-4/h5-6,15-18H,7-14,19H2,1-4H3,(H,30,38)(H,31,34). The molecule has 0 radical (unpaired) electrons. The van der Waals surface area contributed by atoms with Gasteiger partial charge in [0.1, 0.15) is 0 Å². The van der Waals surface area contributed by atoms with Gasteiger partial charge in [-0.15, -0.1) is 0 Å². The molecule has 204 valence electrons. The fourth-order valence-electron chi connectivity index (χ4n) is 4.84. The SMILES string of the molecule is COc1ccc(CCNC(=S)N(CCN2CCOCC2)Cc2cc3c(C)cc(C)cc3[nH]c2=O)cc1OC. The Bertz CT molecular complexity index is 1320. The molecule has 0 atom stereocenters. The number of fused-ring (bicyclic) bond motifs is 1. The number of nitrogens with one attached hydrogen (secondary N) is 2. The highest BCUT2D eigenvalue weighted by Crippen LogP contribution is 2.27. The van der Waals surface area contributed by atoms with E-state index >= 15 is 0 Å². The maximum Gasteiger partial charge on any atom is 0.253 e. The lowest BCUT2D eigenvalue weighted by molar-refractivity contribution is 0.0357. The van der Waals surface area contributed by atoms with Gasteiger partial charge in [-0.25, -0.2) is 0 Å². The zero-order valence-corrected chi connectivity index (χ0v) is 23.6. The van der Waals surface area contributed by atoms with E-state index in [4.69, 9.17) is 26.4 Å². The summed E-state index contributed by atoms with van der Waals surface area (Å²) in [5.41, 5.74) is 4.89. The van der Waals surface area contributed by atoms with Crippen LogP contribution in [0.5, 0.6) is 11.5 Å². The average Bonchev–Trinajstić information content (AvgIpc) is 2.91. The van der Waals surface area contributed by atoms with Crippen molar-refractivity contribution in [1.29, 1.82) is 0 Å². The van der Waals surface area contributed by atoms with Crippen LogP contribution < -0.4 is 20.3 Å². The Labute approximate surface area is 229 Å². The molecule has 2 N–H and O–H groups in total. The molecule has 1 aliphatic rings. The molecule has 38 heavy (non-hydrogen) atoms. The van der Waals surface area contributed by atoms with Crippen molar-refractivity contribution < 1.29 is 14.2 Å². The molecule has 0 spiro atoms. The Morgan fingerprint density at radius 2 is 1.87 bits per heavy atom. The predicted octanol–water partition coefficient (Wildman–Crippen LogP) is 3.41. The Hall–Kier alpha value is -3.14. The highest BCUT2D eigenvalue weighted by atomic mass is 32.1. The summed E-state index contributed by atoms with van der Waals surface area (Å²) >= 11 is 5.84. The molecule has 0 saturated carbocycles. The van der Waals surface area contributed by atoms with Gasteiger partial charge >= 0.3 is 0 Å². The van der Waals surface area contributed by atoms with E-state index in [1.54, 1.807) is 14.2 Å². The first-order chi connectivity index (χ1) is 18.4. The van der Waals surface area contributed by atoms with E-state index in [-0.39, 0.29) is 5.56 Å². The van der Waals surface area contributed by atoms with E-state index in [0.29, 0.717) is 41.8 Å². The lowest BCUT2D eigenvalue weighted by Gasteiger charge is -2.31. The van der Waals surface area contributed by atoms with Crippen LogP contribution in [0.25, 0.3) is 10.9 Å². The summed E-state index contributed by atoms with van der Waals surface area (Å²) in [6.07, 6.45) is 0.771. The smallest absolute Gasteiger partial charge is 0.253 e. The van der Waals surface area contributed by atoms with Gasteiger partial charge < -0.3 is 29.4 Å². The number of ether oxygens (including phenoxy) is 3. The summed E-state index contributed by atoms with van der Waals surface area (Å²) in [4.78, 5) is 20.6. The number of thiocarbonyl (C=S) groups is 1. The number of H-pyrrole nitrogens is 1. The van der Waals surface area contributed by atoms with Gasteiger partial charge in [0.15, 0.2) is 16.6 Å². The summed E-state index contributed by atoms with van der Waals surface area (Å²) in [6, 6.07) is 12.1. The van der Waals surface area contributed by atoms with E-state index in [9.17, 15) is 4.79 Å². The molecule has 3 aromatic rings. The third kappa shape index (κ3) is 7.03. The second-order valence-corrected chi connectivity index (χ2v) is 10.1. The van der Waals surface area contributed by atoms with Crippen molar-refractivity contribution in [3.8, 4) is 11.5 Å². The molecule has 0 aliphatic carbocycles. The molecule has 0 unspecified atom stereocenters. The van der Waals surface area contributed by atoms with Crippen molar-refractivity contribution in [2.45, 2.75) is 26.8 Å². The van der Waals surface area contributed by atoms with E-state index in [1.165, 1.54) is 0 Å². The number of morpholine rings is 1. The third-order valence-corrected chi connectivity index (χ3v) is 7.37. The highest BCUT2D eigenvalue weighted by molar-refractivity contribution is 7.80. The van der Waals surface area contributed by atoms with E-state index in [2.05, 4.69) is 33.1 Å². The summed E-state index contributed by atoms with van der Waals surface area (Å²) in [6.45, 7) is 10.1. The number of nitrogens with zero attached hydrogens (tertiary/aromatic N) is 2. The highest BCUT2D eigenvalue weighted by Gasteiger charge is 2.17. The Balaban J connectivity index is 1.47. The van der Waals surface area contributed by atoms with Gasteiger partial charge in [-0.05, 0) is 73.4 Å². The van der Waals surface area contributed by atoms with Crippen LogP contribution in [-0.4, -0.2) is 80.1 Å². The van der Waals surface area contributed by atoms with Crippen molar-refractivity contribution in [2.75, 3.05) is 60.2 Å². The van der Waals surface area contributed by atoms with Gasteiger partial charge in [0.05, 0.1) is 34.0 Å². The van der Waals surface area contributed by atoms with Gasteiger partial charge in [-0.1, -0.05) is 12.1 Å². The van der Waals surface area contributed by atoms with Crippen molar-refractivity contribution in [2.24, 2.45) is 0 Å². The molecule has 1 aliphatic heterocycles. The minimum atomic E-state index is -0.0769. The predicted molar refractivity (Wildman–Crippen MR) is 156 cm³/mol. The number of aromatic nitrogens is 1. The fraction of sp³-hybridized carbons (Fsp3) is 0.448. The van der Waals surface area contributed by atoms with Crippen LogP contribution in [0, 0.1) is 13.8 Å². The minimum Gasteiger partial charge on any atom is -0.493 e. The van der Waals surface area contributed by atoms with E-state index in [1.807, 2.05) is 37.3 Å². The first-order valence-electron chi connectivity index (χ1n) is 13.0. The molecule has 2 aromatic carbocycles. The van der Waals surface area contributed by atoms with Crippen molar-refractivity contribution in [3.63, 3.8) is 0 Å². The quantitative estimate of drug-likeness (QED) is 0.381. The average molecular weight is 539 g/mol. The van der Waals surface area contributed by atoms with Gasteiger partial charge in [0.2, 0.25) is 0 Å². The molecule has 1 saturated heterocycles. The molecular formula is C29H38N4O4S. The number of hydrogen-bond acceptors (Lipinski definition) is 6. The van der Waals surface area contributed by atoms with Crippen LogP contribution in [0.4, 0.5) is 0 Å². The minimum absolute atomic E-state index is 0.0769. The zero-order valence-electron chi connectivity index (χ0n) is 22.8. The fourth-order valence-corrected chi connectivity index (χ4v) is 5.10. The molecule has 0 bridgehead atoms. The number of rotatable bonds is 10. The Kier molecular flexibility index (Phi) is 9.60. The van der Waals surface area contributed by atoms with Crippen LogP contribution >= 0.6 is 12.2 Å². The second kappa shape index (κ2) is 13.1. The van der Waals surface area contributed by atoms with Gasteiger partial charge in [0, 0.05) is 49.2 Å². The number of aromatic amines is 1. The number of methoxy groups -OCH3 is 2. The Morgan fingerprint density at radius 3 is 2.61 bits per heavy atom. The number of benzene rings is 2.